The monoisotopic (exact) mass is 264 g/mol. The first-order valence-corrected chi connectivity index (χ1v) is 6.91. The van der Waals surface area contributed by atoms with E-state index in [-0.39, 0.29) is 23.7 Å². The zero-order valence-electron chi connectivity index (χ0n) is 11.1. The molecule has 3 unspecified atom stereocenters. The molecule has 0 aromatic carbocycles. The first-order chi connectivity index (χ1) is 9.20. The number of hydrogen-bond donors (Lipinski definition) is 2. The topological polar surface area (TPSA) is 82.2 Å². The lowest BCUT2D eigenvalue weighted by Gasteiger charge is -2.42. The van der Waals surface area contributed by atoms with E-state index in [1.54, 1.807) is 17.0 Å². The fourth-order valence-corrected chi connectivity index (χ4v) is 2.55. The van der Waals surface area contributed by atoms with Crippen molar-refractivity contribution >= 4 is 5.82 Å². The Hall–Kier alpha value is -1.40. The molecule has 0 amide bonds. The lowest BCUT2D eigenvalue weighted by molar-refractivity contribution is -0.0127. The summed E-state index contributed by atoms with van der Waals surface area (Å²) in [6.45, 7) is 2.62. The third kappa shape index (κ3) is 2.37. The second kappa shape index (κ2) is 4.94. The zero-order valence-corrected chi connectivity index (χ0v) is 11.1. The smallest absolute Gasteiger partial charge is 0.293 e. The molecule has 104 valence electrons. The van der Waals surface area contributed by atoms with E-state index in [2.05, 4.69) is 10.3 Å². The summed E-state index contributed by atoms with van der Waals surface area (Å²) in [5, 5.41) is 3.16. The first-order valence-electron chi connectivity index (χ1n) is 6.91. The summed E-state index contributed by atoms with van der Waals surface area (Å²) in [7, 11) is 0. The summed E-state index contributed by atoms with van der Waals surface area (Å²) in [5.41, 5.74) is 5.92. The van der Waals surface area contributed by atoms with Crippen molar-refractivity contribution in [1.82, 2.24) is 9.55 Å². The van der Waals surface area contributed by atoms with E-state index in [0.717, 1.165) is 19.3 Å². The van der Waals surface area contributed by atoms with Gasteiger partial charge in [0.25, 0.3) is 5.56 Å². The number of aromatic nitrogens is 2. The molecule has 3 rings (SSSR count). The lowest BCUT2D eigenvalue weighted by atomic mass is 9.83. The van der Waals surface area contributed by atoms with Crippen LogP contribution in [0, 0.1) is 0 Å². The largest absolute Gasteiger partial charge is 0.376 e. The zero-order chi connectivity index (χ0) is 13.4. The van der Waals surface area contributed by atoms with Gasteiger partial charge in [0.1, 0.15) is 0 Å². The van der Waals surface area contributed by atoms with Crippen molar-refractivity contribution in [2.75, 3.05) is 11.9 Å². The molecule has 19 heavy (non-hydrogen) atoms. The summed E-state index contributed by atoms with van der Waals surface area (Å²) < 4.78 is 7.34. The average molecular weight is 264 g/mol. The molecule has 0 bridgehead atoms. The molecule has 0 spiro atoms. The maximum Gasteiger partial charge on any atom is 0.293 e. The van der Waals surface area contributed by atoms with E-state index in [0.29, 0.717) is 18.5 Å². The van der Waals surface area contributed by atoms with Crippen LogP contribution in [0.2, 0.25) is 0 Å². The van der Waals surface area contributed by atoms with Crippen LogP contribution in [0.5, 0.6) is 0 Å². The van der Waals surface area contributed by atoms with Gasteiger partial charge in [0.05, 0.1) is 12.1 Å². The molecule has 0 aliphatic heterocycles. The van der Waals surface area contributed by atoms with Gasteiger partial charge in [0, 0.05) is 31.1 Å². The van der Waals surface area contributed by atoms with Crippen molar-refractivity contribution in [1.29, 1.82) is 0 Å². The summed E-state index contributed by atoms with van der Waals surface area (Å²) in [6, 6.07) is 0.358. The number of nitrogens with zero attached hydrogens (tertiary/aromatic N) is 2. The van der Waals surface area contributed by atoms with Crippen LogP contribution in [0.15, 0.2) is 17.2 Å². The second-order valence-electron chi connectivity index (χ2n) is 5.28. The molecule has 2 fully saturated rings. The van der Waals surface area contributed by atoms with Crippen molar-refractivity contribution < 1.29 is 4.74 Å². The van der Waals surface area contributed by atoms with E-state index in [1.807, 2.05) is 6.92 Å². The quantitative estimate of drug-likeness (QED) is 0.809. The van der Waals surface area contributed by atoms with Crippen molar-refractivity contribution in [2.24, 2.45) is 5.73 Å². The van der Waals surface area contributed by atoms with Crippen LogP contribution >= 0.6 is 0 Å². The van der Waals surface area contributed by atoms with Crippen LogP contribution in [-0.4, -0.2) is 34.3 Å². The van der Waals surface area contributed by atoms with Gasteiger partial charge in [-0.1, -0.05) is 0 Å². The Balaban J connectivity index is 1.76. The maximum atomic E-state index is 12.3. The van der Waals surface area contributed by atoms with Crippen LogP contribution in [0.1, 0.15) is 32.2 Å². The minimum atomic E-state index is -0.0562. The molecule has 2 saturated carbocycles. The highest BCUT2D eigenvalue weighted by Gasteiger charge is 2.40. The Labute approximate surface area is 112 Å². The highest BCUT2D eigenvalue weighted by atomic mass is 16.5. The Morgan fingerprint density at radius 2 is 2.37 bits per heavy atom. The van der Waals surface area contributed by atoms with Gasteiger partial charge in [0.15, 0.2) is 5.82 Å². The van der Waals surface area contributed by atoms with Gasteiger partial charge in [-0.15, -0.1) is 0 Å². The Morgan fingerprint density at radius 1 is 1.58 bits per heavy atom. The van der Waals surface area contributed by atoms with Crippen molar-refractivity contribution in [2.45, 2.75) is 50.4 Å². The molecule has 1 aromatic heterocycles. The highest BCUT2D eigenvalue weighted by Crippen LogP contribution is 2.33. The summed E-state index contributed by atoms with van der Waals surface area (Å²) in [6.07, 6.45) is 6.49. The molecule has 2 aliphatic carbocycles. The van der Waals surface area contributed by atoms with E-state index < -0.39 is 0 Å². The van der Waals surface area contributed by atoms with E-state index in [9.17, 15) is 4.79 Å². The van der Waals surface area contributed by atoms with Crippen LogP contribution in [-0.2, 0) is 4.74 Å². The normalized spacial score (nSPS) is 29.9. The fourth-order valence-electron chi connectivity index (χ4n) is 2.55. The SMILES string of the molecule is CCOC1CC(N)C1Nc1nccn(C2CC2)c1=O. The van der Waals surface area contributed by atoms with E-state index in [1.165, 1.54) is 0 Å². The minimum Gasteiger partial charge on any atom is -0.376 e. The number of nitrogens with one attached hydrogen (secondary N) is 1. The molecule has 1 heterocycles. The van der Waals surface area contributed by atoms with Gasteiger partial charge in [-0.05, 0) is 26.2 Å². The van der Waals surface area contributed by atoms with Crippen LogP contribution in [0.3, 0.4) is 0 Å². The Bertz CT molecular complexity index is 510. The molecule has 6 heteroatoms. The van der Waals surface area contributed by atoms with Gasteiger partial charge < -0.3 is 20.4 Å². The van der Waals surface area contributed by atoms with Gasteiger partial charge in [-0.25, -0.2) is 4.98 Å². The predicted octanol–water partition coefficient (Wildman–Crippen LogP) is 0.495. The van der Waals surface area contributed by atoms with Crippen molar-refractivity contribution in [3.05, 3.63) is 22.7 Å². The van der Waals surface area contributed by atoms with Gasteiger partial charge in [0.2, 0.25) is 0 Å². The molecular formula is C13H20N4O2. The molecule has 0 radical (unpaired) electrons. The summed E-state index contributed by atoms with van der Waals surface area (Å²) >= 11 is 0. The number of rotatable bonds is 5. The van der Waals surface area contributed by atoms with E-state index in [4.69, 9.17) is 10.5 Å². The van der Waals surface area contributed by atoms with Gasteiger partial charge in [-0.3, -0.25) is 4.79 Å². The van der Waals surface area contributed by atoms with Crippen molar-refractivity contribution in [3.63, 3.8) is 0 Å². The molecule has 0 saturated heterocycles. The average Bonchev–Trinajstić information content (AvgIpc) is 3.21. The van der Waals surface area contributed by atoms with Gasteiger partial charge in [-0.2, -0.15) is 0 Å². The van der Waals surface area contributed by atoms with Gasteiger partial charge >= 0.3 is 0 Å². The third-order valence-corrected chi connectivity index (χ3v) is 3.86. The molecular weight excluding hydrogens is 244 g/mol. The third-order valence-electron chi connectivity index (χ3n) is 3.86. The molecule has 6 nitrogen and oxygen atoms in total. The summed E-state index contributed by atoms with van der Waals surface area (Å²) in [4.78, 5) is 16.4. The maximum absolute atomic E-state index is 12.3. The number of ether oxygens (including phenoxy) is 1. The summed E-state index contributed by atoms with van der Waals surface area (Å²) in [5.74, 6) is 0.388. The Kier molecular flexibility index (Phi) is 3.28. The van der Waals surface area contributed by atoms with Crippen molar-refractivity contribution in [3.8, 4) is 0 Å². The standard InChI is InChI=1S/C13H20N4O2/c1-2-19-10-7-9(14)11(10)16-12-13(18)17(6-5-15-12)8-3-4-8/h5-6,8-11H,2-4,7,14H2,1H3,(H,15,16). The lowest BCUT2D eigenvalue weighted by Crippen LogP contribution is -2.61. The van der Waals surface area contributed by atoms with Crippen LogP contribution < -0.4 is 16.6 Å². The molecule has 3 N–H and O–H groups in total. The number of anilines is 1. The molecule has 2 aliphatic rings. The second-order valence-corrected chi connectivity index (χ2v) is 5.28. The van der Waals surface area contributed by atoms with E-state index >= 15 is 0 Å². The first kappa shape index (κ1) is 12.6. The highest BCUT2D eigenvalue weighted by molar-refractivity contribution is 5.35. The minimum absolute atomic E-state index is 0.0183. The number of nitrogens with two attached hydrogens (primary N) is 1. The van der Waals surface area contributed by atoms with Crippen LogP contribution in [0.25, 0.3) is 0 Å². The van der Waals surface area contributed by atoms with Crippen LogP contribution in [0.4, 0.5) is 5.82 Å². The Morgan fingerprint density at radius 3 is 3.00 bits per heavy atom. The fraction of sp³-hybridized carbons (Fsp3) is 0.692. The predicted molar refractivity (Wildman–Crippen MR) is 72.2 cm³/mol. The number of hydrogen-bond acceptors (Lipinski definition) is 5. The molecule has 3 atom stereocenters. The molecule has 1 aromatic rings.